The second kappa shape index (κ2) is 6.35. The highest BCUT2D eigenvalue weighted by Gasteiger charge is 2.12. The van der Waals surface area contributed by atoms with E-state index >= 15 is 0 Å². The molecule has 0 fully saturated rings. The van der Waals surface area contributed by atoms with Gasteiger partial charge in [-0.2, -0.15) is 0 Å². The molecule has 0 bridgehead atoms. The second-order valence-corrected chi connectivity index (χ2v) is 6.19. The number of aromatic amines is 1. The zero-order valence-corrected chi connectivity index (χ0v) is 14.2. The summed E-state index contributed by atoms with van der Waals surface area (Å²) in [5.74, 6) is 0.711. The number of pyridine rings is 1. The molecular weight excluding hydrogens is 362 g/mol. The van der Waals surface area contributed by atoms with Crippen molar-refractivity contribution in [2.75, 3.05) is 5.32 Å². The van der Waals surface area contributed by atoms with Gasteiger partial charge in [0.15, 0.2) is 5.82 Å². The first-order valence-corrected chi connectivity index (χ1v) is 8.19. The van der Waals surface area contributed by atoms with Gasteiger partial charge in [-0.3, -0.25) is 0 Å². The van der Waals surface area contributed by atoms with Crippen molar-refractivity contribution in [2.24, 2.45) is 0 Å². The number of imidazole rings is 1. The Labute approximate surface area is 152 Å². The Hall–Kier alpha value is -2.63. The molecule has 0 saturated heterocycles. The number of nitrogens with one attached hydrogen (secondary N) is 2. The monoisotopic (exact) mass is 372 g/mol. The molecule has 0 atom stereocenters. The minimum absolute atomic E-state index is 0.0379. The molecule has 2 aromatic carbocycles. The Morgan fingerprint density at radius 3 is 2.64 bits per heavy atom. The molecule has 124 valence electrons. The van der Waals surface area contributed by atoms with Gasteiger partial charge in [0, 0.05) is 17.4 Å². The van der Waals surface area contributed by atoms with E-state index in [-0.39, 0.29) is 5.02 Å². The van der Waals surface area contributed by atoms with Gasteiger partial charge >= 0.3 is 0 Å². The van der Waals surface area contributed by atoms with Crippen molar-refractivity contribution in [2.45, 2.75) is 0 Å². The third-order valence-corrected chi connectivity index (χ3v) is 4.33. The highest BCUT2D eigenvalue weighted by molar-refractivity contribution is 6.33. The smallest absolute Gasteiger partial charge is 0.158 e. The van der Waals surface area contributed by atoms with Gasteiger partial charge in [0.2, 0.25) is 0 Å². The van der Waals surface area contributed by atoms with Gasteiger partial charge in [0.1, 0.15) is 17.2 Å². The van der Waals surface area contributed by atoms with Crippen molar-refractivity contribution < 1.29 is 4.39 Å². The molecular formula is C18H11Cl2FN4. The van der Waals surface area contributed by atoms with Crippen molar-refractivity contribution >= 4 is 45.7 Å². The summed E-state index contributed by atoms with van der Waals surface area (Å²) >= 11 is 12.1. The minimum Gasteiger partial charge on any atom is -0.338 e. The van der Waals surface area contributed by atoms with Gasteiger partial charge in [-0.15, -0.1) is 0 Å². The SMILES string of the molecule is Fc1ccc(Nc2nccc3[nH]c(-c4ccccc4Cl)nc23)cc1Cl. The summed E-state index contributed by atoms with van der Waals surface area (Å²) in [4.78, 5) is 12.2. The maximum absolute atomic E-state index is 13.3. The number of hydrogen-bond acceptors (Lipinski definition) is 3. The lowest BCUT2D eigenvalue weighted by atomic mass is 10.2. The molecule has 2 aromatic heterocycles. The lowest BCUT2D eigenvalue weighted by molar-refractivity contribution is 0.628. The number of anilines is 2. The first kappa shape index (κ1) is 15.9. The predicted octanol–water partition coefficient (Wildman–Crippen LogP) is 5.81. The van der Waals surface area contributed by atoms with E-state index in [1.165, 1.54) is 12.1 Å². The molecule has 0 radical (unpaired) electrons. The van der Waals surface area contributed by atoms with Crippen LogP contribution in [0.5, 0.6) is 0 Å². The van der Waals surface area contributed by atoms with E-state index in [4.69, 9.17) is 23.2 Å². The Morgan fingerprint density at radius 2 is 1.84 bits per heavy atom. The van der Waals surface area contributed by atoms with Crippen molar-refractivity contribution in [3.05, 3.63) is 70.6 Å². The van der Waals surface area contributed by atoms with Crippen LogP contribution < -0.4 is 5.32 Å². The summed E-state index contributed by atoms with van der Waals surface area (Å²) < 4.78 is 13.3. The van der Waals surface area contributed by atoms with E-state index in [2.05, 4.69) is 20.3 Å². The van der Waals surface area contributed by atoms with Crippen molar-refractivity contribution in [1.29, 1.82) is 0 Å². The lowest BCUT2D eigenvalue weighted by Gasteiger charge is -2.06. The number of halogens is 3. The maximum Gasteiger partial charge on any atom is 0.158 e. The average Bonchev–Trinajstić information content (AvgIpc) is 3.03. The van der Waals surface area contributed by atoms with Crippen LogP contribution in [0.3, 0.4) is 0 Å². The Morgan fingerprint density at radius 1 is 1.00 bits per heavy atom. The fourth-order valence-corrected chi connectivity index (χ4v) is 2.92. The molecule has 0 aliphatic carbocycles. The van der Waals surface area contributed by atoms with Gasteiger partial charge in [-0.05, 0) is 36.4 Å². The highest BCUT2D eigenvalue weighted by Crippen LogP contribution is 2.30. The molecule has 2 heterocycles. The molecule has 0 unspecified atom stereocenters. The molecule has 0 spiro atoms. The summed E-state index contributed by atoms with van der Waals surface area (Å²) in [6.07, 6.45) is 1.66. The topological polar surface area (TPSA) is 53.6 Å². The third kappa shape index (κ3) is 3.04. The van der Waals surface area contributed by atoms with Crippen LogP contribution >= 0.6 is 23.2 Å². The molecule has 0 aliphatic heterocycles. The second-order valence-electron chi connectivity index (χ2n) is 5.37. The molecule has 7 heteroatoms. The largest absolute Gasteiger partial charge is 0.338 e. The van der Waals surface area contributed by atoms with Gasteiger partial charge in [-0.1, -0.05) is 35.3 Å². The number of H-pyrrole nitrogens is 1. The zero-order chi connectivity index (χ0) is 17.4. The first-order chi connectivity index (χ1) is 12.1. The van der Waals surface area contributed by atoms with Crippen LogP contribution in [0.2, 0.25) is 10.0 Å². The average molecular weight is 373 g/mol. The highest BCUT2D eigenvalue weighted by atomic mass is 35.5. The van der Waals surface area contributed by atoms with E-state index in [0.29, 0.717) is 27.9 Å². The fourth-order valence-electron chi connectivity index (χ4n) is 2.52. The number of benzene rings is 2. The fraction of sp³-hybridized carbons (Fsp3) is 0. The molecule has 4 aromatic rings. The van der Waals surface area contributed by atoms with Crippen molar-refractivity contribution in [1.82, 2.24) is 15.0 Å². The Kier molecular flexibility index (Phi) is 4.03. The molecule has 2 N–H and O–H groups in total. The predicted molar refractivity (Wildman–Crippen MR) is 99.0 cm³/mol. The minimum atomic E-state index is -0.473. The lowest BCUT2D eigenvalue weighted by Crippen LogP contribution is -1.95. The molecule has 4 nitrogen and oxygen atoms in total. The summed E-state index contributed by atoms with van der Waals surface area (Å²) in [5, 5.41) is 3.76. The zero-order valence-electron chi connectivity index (χ0n) is 12.7. The van der Waals surface area contributed by atoms with Gasteiger partial charge < -0.3 is 10.3 Å². The van der Waals surface area contributed by atoms with Crippen LogP contribution in [0.15, 0.2) is 54.7 Å². The van der Waals surface area contributed by atoms with E-state index in [1.807, 2.05) is 30.3 Å². The summed E-state index contributed by atoms with van der Waals surface area (Å²) in [7, 11) is 0. The molecule has 0 amide bonds. The van der Waals surface area contributed by atoms with Crippen molar-refractivity contribution in [3.63, 3.8) is 0 Å². The molecule has 0 saturated carbocycles. The van der Waals surface area contributed by atoms with Gasteiger partial charge in [0.05, 0.1) is 15.6 Å². The van der Waals surface area contributed by atoms with E-state index in [9.17, 15) is 4.39 Å². The van der Waals surface area contributed by atoms with Gasteiger partial charge in [0.25, 0.3) is 0 Å². The number of fused-ring (bicyclic) bond motifs is 1. The van der Waals surface area contributed by atoms with Crippen LogP contribution in [0.25, 0.3) is 22.4 Å². The van der Waals surface area contributed by atoms with Crippen LogP contribution in [-0.2, 0) is 0 Å². The third-order valence-electron chi connectivity index (χ3n) is 3.71. The van der Waals surface area contributed by atoms with Crippen LogP contribution in [-0.4, -0.2) is 15.0 Å². The number of nitrogens with zero attached hydrogens (tertiary/aromatic N) is 2. The van der Waals surface area contributed by atoms with Gasteiger partial charge in [-0.25, -0.2) is 14.4 Å². The van der Waals surface area contributed by atoms with Crippen LogP contribution in [0.4, 0.5) is 15.9 Å². The maximum atomic E-state index is 13.3. The quantitative estimate of drug-likeness (QED) is 0.476. The van der Waals surface area contributed by atoms with Crippen LogP contribution in [0.1, 0.15) is 0 Å². The standard InChI is InChI=1S/C18H11Cl2FN4/c19-12-4-2-1-3-11(12)17-24-15-7-8-22-18(16(15)25-17)23-10-5-6-14(21)13(20)9-10/h1-9H,(H,22,23)(H,24,25). The molecule has 25 heavy (non-hydrogen) atoms. The van der Waals surface area contributed by atoms with Crippen molar-refractivity contribution in [3.8, 4) is 11.4 Å². The molecule has 4 rings (SSSR count). The normalized spacial score (nSPS) is 11.0. The number of rotatable bonds is 3. The van der Waals surface area contributed by atoms with E-state index in [1.54, 1.807) is 12.3 Å². The van der Waals surface area contributed by atoms with E-state index < -0.39 is 5.82 Å². The molecule has 0 aliphatic rings. The summed E-state index contributed by atoms with van der Waals surface area (Å²) in [6, 6.07) is 13.7. The summed E-state index contributed by atoms with van der Waals surface area (Å²) in [5.41, 5.74) is 2.88. The van der Waals surface area contributed by atoms with E-state index in [0.717, 1.165) is 11.1 Å². The Balaban J connectivity index is 1.77. The first-order valence-electron chi connectivity index (χ1n) is 7.43. The number of aromatic nitrogens is 3. The van der Waals surface area contributed by atoms with Crippen LogP contribution in [0, 0.1) is 5.82 Å². The number of hydrogen-bond donors (Lipinski definition) is 2. The summed E-state index contributed by atoms with van der Waals surface area (Å²) in [6.45, 7) is 0. The Bertz CT molecular complexity index is 1080.